The number of hydrogen-bond donors (Lipinski definition) is 1. The van der Waals surface area contributed by atoms with Crippen molar-refractivity contribution in [3.63, 3.8) is 0 Å². The van der Waals surface area contributed by atoms with Gasteiger partial charge in [-0.25, -0.2) is 9.37 Å². The number of rotatable bonds is 6. The highest BCUT2D eigenvalue weighted by Crippen LogP contribution is 2.33. The van der Waals surface area contributed by atoms with E-state index in [2.05, 4.69) is 25.3 Å². The van der Waals surface area contributed by atoms with Crippen molar-refractivity contribution in [2.45, 2.75) is 19.6 Å². The second-order valence-electron chi connectivity index (χ2n) is 7.78. The number of piperazine rings is 1. The van der Waals surface area contributed by atoms with E-state index < -0.39 is 11.9 Å². The number of nitrogens with one attached hydrogen (secondary N) is 1. The zero-order valence-electron chi connectivity index (χ0n) is 17.8. The number of fused-ring (bicyclic) bond motifs is 1. The zero-order valence-corrected chi connectivity index (χ0v) is 19.3. The Morgan fingerprint density at radius 2 is 1.97 bits per heavy atom. The lowest BCUT2D eigenvalue weighted by Crippen LogP contribution is -2.42. The molecule has 33 heavy (non-hydrogen) atoms. The molecule has 0 aliphatic carbocycles. The van der Waals surface area contributed by atoms with Crippen molar-refractivity contribution in [3.05, 3.63) is 63.8 Å². The van der Waals surface area contributed by atoms with Crippen LogP contribution in [0.25, 0.3) is 22.6 Å². The fraction of sp³-hybridized carbons (Fsp3) is 0.318. The molecule has 8 nitrogen and oxygen atoms in total. The molecule has 3 aromatic heterocycles. The van der Waals surface area contributed by atoms with Crippen molar-refractivity contribution < 1.29 is 13.8 Å². The average Bonchev–Trinajstić information content (AvgIpc) is 3.44. The van der Waals surface area contributed by atoms with Crippen molar-refractivity contribution >= 4 is 34.2 Å². The molecule has 11 heteroatoms. The van der Waals surface area contributed by atoms with Gasteiger partial charge in [0.2, 0.25) is 11.7 Å². The Labute approximate surface area is 199 Å². The van der Waals surface area contributed by atoms with Crippen LogP contribution in [-0.4, -0.2) is 50.9 Å². The topological polar surface area (TPSA) is 81.2 Å². The third-order valence-corrected chi connectivity index (χ3v) is 6.24. The van der Waals surface area contributed by atoms with E-state index in [1.54, 1.807) is 23.9 Å². The van der Waals surface area contributed by atoms with Gasteiger partial charge in [-0.1, -0.05) is 28.4 Å². The summed E-state index contributed by atoms with van der Waals surface area (Å²) in [6.45, 7) is 6.16. The Morgan fingerprint density at radius 1 is 1.15 bits per heavy atom. The molecule has 1 unspecified atom stereocenters. The van der Waals surface area contributed by atoms with Gasteiger partial charge in [-0.15, -0.1) is 0 Å². The molecule has 172 valence electrons. The first kappa shape index (κ1) is 22.1. The van der Waals surface area contributed by atoms with Crippen molar-refractivity contribution in [3.8, 4) is 11.5 Å². The van der Waals surface area contributed by atoms with Gasteiger partial charge in [-0.05, 0) is 37.3 Å². The lowest BCUT2D eigenvalue weighted by atomic mass is 10.1. The Morgan fingerprint density at radius 3 is 2.79 bits per heavy atom. The fourth-order valence-electron chi connectivity index (χ4n) is 3.83. The zero-order chi connectivity index (χ0) is 22.9. The molecule has 1 fully saturated rings. The van der Waals surface area contributed by atoms with Crippen molar-refractivity contribution in [2.24, 2.45) is 0 Å². The molecule has 1 N–H and O–H groups in total. The lowest BCUT2D eigenvalue weighted by Gasteiger charge is -2.25. The largest absolute Gasteiger partial charge is 0.406 e. The van der Waals surface area contributed by atoms with E-state index >= 15 is 0 Å². The van der Waals surface area contributed by atoms with Crippen LogP contribution in [-0.2, 0) is 6.54 Å². The molecular weight excluding hydrogens is 470 g/mol. The van der Waals surface area contributed by atoms with E-state index in [0.717, 1.165) is 31.7 Å². The second-order valence-corrected chi connectivity index (χ2v) is 8.57. The predicted molar refractivity (Wildman–Crippen MR) is 123 cm³/mol. The van der Waals surface area contributed by atoms with Crippen LogP contribution in [0.4, 0.5) is 4.39 Å². The predicted octanol–water partition coefficient (Wildman–Crippen LogP) is 4.13. The molecule has 0 bridgehead atoms. The van der Waals surface area contributed by atoms with Crippen LogP contribution in [0.5, 0.6) is 0 Å². The molecule has 4 heterocycles. The van der Waals surface area contributed by atoms with Gasteiger partial charge >= 0.3 is 0 Å². The van der Waals surface area contributed by atoms with Crippen molar-refractivity contribution in [1.82, 2.24) is 30.1 Å². The summed E-state index contributed by atoms with van der Waals surface area (Å²) >= 11 is 12.3. The molecule has 0 spiro atoms. The lowest BCUT2D eigenvalue weighted by molar-refractivity contribution is 0.0562. The molecule has 0 amide bonds. The summed E-state index contributed by atoms with van der Waals surface area (Å²) in [4.78, 5) is 17.4. The standard InChI is InChI=1S/C22H21Cl2FN6O2/c1-13(20-14(23)2-3-15(25)21(20)24)33-31-9-6-16-18(31)5-4-17(27-16)22-28-19(32-29-22)12-30-10-7-26-8-11-30/h2-6,9,13,26H,7-8,10-12H2,1H3. The summed E-state index contributed by atoms with van der Waals surface area (Å²) in [5, 5.41) is 7.68. The molecule has 4 aromatic rings. The van der Waals surface area contributed by atoms with Gasteiger partial charge in [0.15, 0.2) is 6.10 Å². The van der Waals surface area contributed by atoms with Gasteiger partial charge in [-0.3, -0.25) is 4.90 Å². The first-order valence-corrected chi connectivity index (χ1v) is 11.3. The molecule has 5 rings (SSSR count). The van der Waals surface area contributed by atoms with Crippen LogP contribution in [0.2, 0.25) is 10.0 Å². The highest BCUT2D eigenvalue weighted by atomic mass is 35.5. The summed E-state index contributed by atoms with van der Waals surface area (Å²) in [5.74, 6) is 0.446. The van der Waals surface area contributed by atoms with E-state index in [9.17, 15) is 4.39 Å². The first-order valence-electron chi connectivity index (χ1n) is 10.5. The van der Waals surface area contributed by atoms with Gasteiger partial charge in [-0.2, -0.15) is 9.71 Å². The average molecular weight is 491 g/mol. The van der Waals surface area contributed by atoms with E-state index in [1.165, 1.54) is 12.1 Å². The molecule has 0 saturated carbocycles. The third-order valence-electron chi connectivity index (χ3n) is 5.53. The monoisotopic (exact) mass is 490 g/mol. The van der Waals surface area contributed by atoms with Crippen LogP contribution in [0.3, 0.4) is 0 Å². The van der Waals surface area contributed by atoms with Crippen molar-refractivity contribution in [2.75, 3.05) is 26.2 Å². The molecule has 1 atom stereocenters. The maximum Gasteiger partial charge on any atom is 0.241 e. The number of nitrogens with zero attached hydrogens (tertiary/aromatic N) is 5. The summed E-state index contributed by atoms with van der Waals surface area (Å²) in [6, 6.07) is 8.15. The Balaban J connectivity index is 1.35. The van der Waals surface area contributed by atoms with Gasteiger partial charge in [0.1, 0.15) is 17.0 Å². The maximum absolute atomic E-state index is 13.9. The minimum absolute atomic E-state index is 0.0550. The number of halogens is 3. The number of benzene rings is 1. The van der Waals surface area contributed by atoms with E-state index in [4.69, 9.17) is 32.6 Å². The van der Waals surface area contributed by atoms with Gasteiger partial charge in [0.25, 0.3) is 0 Å². The van der Waals surface area contributed by atoms with E-state index in [1.807, 2.05) is 12.1 Å². The molecular formula is C22H21Cl2FN6O2. The van der Waals surface area contributed by atoms with Gasteiger partial charge in [0.05, 0.1) is 17.1 Å². The van der Waals surface area contributed by atoms with Crippen LogP contribution in [0.1, 0.15) is 24.5 Å². The minimum atomic E-state index is -0.597. The Bertz CT molecular complexity index is 1290. The molecule has 1 aliphatic rings. The second kappa shape index (κ2) is 9.26. The highest BCUT2D eigenvalue weighted by Gasteiger charge is 2.20. The molecule has 1 saturated heterocycles. The molecule has 1 aliphatic heterocycles. The van der Waals surface area contributed by atoms with E-state index in [-0.39, 0.29) is 5.02 Å². The Kier molecular flexibility index (Phi) is 6.20. The van der Waals surface area contributed by atoms with Crippen LogP contribution in [0, 0.1) is 5.82 Å². The summed E-state index contributed by atoms with van der Waals surface area (Å²) in [7, 11) is 0. The SMILES string of the molecule is CC(On1ccc2nc(-c3noc(CN4CCNCC4)n3)ccc21)c1c(Cl)ccc(F)c1Cl. The van der Waals surface area contributed by atoms with Crippen LogP contribution < -0.4 is 10.2 Å². The third kappa shape index (κ3) is 4.54. The number of aromatic nitrogens is 4. The first-order chi connectivity index (χ1) is 16.0. The van der Waals surface area contributed by atoms with Crippen molar-refractivity contribution in [1.29, 1.82) is 0 Å². The van der Waals surface area contributed by atoms with Crippen LogP contribution in [0.15, 0.2) is 41.1 Å². The quantitative estimate of drug-likeness (QED) is 0.407. The summed E-state index contributed by atoms with van der Waals surface area (Å²) < 4.78 is 20.9. The highest BCUT2D eigenvalue weighted by molar-refractivity contribution is 6.36. The number of pyridine rings is 1. The van der Waals surface area contributed by atoms with E-state index in [0.29, 0.717) is 40.1 Å². The normalized spacial score (nSPS) is 15.8. The minimum Gasteiger partial charge on any atom is -0.406 e. The van der Waals surface area contributed by atoms with Gasteiger partial charge in [0, 0.05) is 43.0 Å². The smallest absolute Gasteiger partial charge is 0.241 e. The fourth-order valence-corrected chi connectivity index (χ4v) is 4.51. The van der Waals surface area contributed by atoms with Gasteiger partial charge < -0.3 is 14.7 Å². The van der Waals surface area contributed by atoms with Crippen LogP contribution >= 0.6 is 23.2 Å². The summed E-state index contributed by atoms with van der Waals surface area (Å²) in [6.07, 6.45) is 1.13. The maximum atomic E-state index is 13.9. The molecule has 0 radical (unpaired) electrons. The Hall–Kier alpha value is -2.72. The summed E-state index contributed by atoms with van der Waals surface area (Å²) in [5.41, 5.74) is 2.39. The number of hydrogen-bond acceptors (Lipinski definition) is 7. The molecule has 1 aromatic carbocycles.